The number of rotatable bonds is 8. The van der Waals surface area contributed by atoms with Gasteiger partial charge in [-0.3, -0.25) is 0 Å². The van der Waals surface area contributed by atoms with Crippen molar-refractivity contribution in [3.8, 4) is 0 Å². The van der Waals surface area contributed by atoms with Crippen LogP contribution in [-0.2, 0) is 11.2 Å². The molecule has 19 heavy (non-hydrogen) atoms. The Balaban J connectivity index is 2.82. The molecule has 1 N–H and O–H groups in total. The highest BCUT2D eigenvalue weighted by Gasteiger charge is 2.21. The van der Waals surface area contributed by atoms with Crippen molar-refractivity contribution in [1.82, 2.24) is 5.32 Å². The third-order valence-corrected chi connectivity index (χ3v) is 3.67. The van der Waals surface area contributed by atoms with Crippen molar-refractivity contribution >= 4 is 11.6 Å². The zero-order valence-corrected chi connectivity index (χ0v) is 12.6. The summed E-state index contributed by atoms with van der Waals surface area (Å²) >= 11 is 6.01. The summed E-state index contributed by atoms with van der Waals surface area (Å²) < 4.78 is 19.2. The van der Waals surface area contributed by atoms with Crippen LogP contribution in [0.1, 0.15) is 32.3 Å². The zero-order chi connectivity index (χ0) is 14.3. The van der Waals surface area contributed by atoms with Crippen LogP contribution in [0.5, 0.6) is 0 Å². The van der Waals surface area contributed by atoms with Crippen LogP contribution in [-0.4, -0.2) is 25.8 Å². The minimum atomic E-state index is -0.363. The Kier molecular flexibility index (Phi) is 7.36. The van der Waals surface area contributed by atoms with Crippen molar-refractivity contribution in [2.75, 3.05) is 13.7 Å². The highest BCUT2D eigenvalue weighted by molar-refractivity contribution is 6.31. The lowest BCUT2D eigenvalue weighted by Gasteiger charge is -2.27. The topological polar surface area (TPSA) is 21.3 Å². The van der Waals surface area contributed by atoms with E-state index in [0.29, 0.717) is 13.0 Å². The molecule has 0 aliphatic heterocycles. The highest BCUT2D eigenvalue weighted by Crippen LogP contribution is 2.22. The van der Waals surface area contributed by atoms with E-state index < -0.39 is 0 Å². The first kappa shape index (κ1) is 16.4. The van der Waals surface area contributed by atoms with Crippen molar-refractivity contribution in [2.45, 2.75) is 45.3 Å². The van der Waals surface area contributed by atoms with Crippen molar-refractivity contribution in [2.24, 2.45) is 0 Å². The fourth-order valence-corrected chi connectivity index (χ4v) is 2.46. The van der Waals surface area contributed by atoms with Crippen LogP contribution < -0.4 is 5.32 Å². The van der Waals surface area contributed by atoms with E-state index >= 15 is 0 Å². The van der Waals surface area contributed by atoms with Crippen molar-refractivity contribution in [1.29, 1.82) is 0 Å². The Morgan fingerprint density at radius 3 is 2.68 bits per heavy atom. The van der Waals surface area contributed by atoms with Crippen LogP contribution in [0.2, 0.25) is 5.02 Å². The summed E-state index contributed by atoms with van der Waals surface area (Å²) in [7, 11) is 1.90. The molecule has 0 amide bonds. The van der Waals surface area contributed by atoms with Crippen LogP contribution in [0.15, 0.2) is 18.2 Å². The van der Waals surface area contributed by atoms with Gasteiger partial charge in [-0.15, -0.1) is 0 Å². The van der Waals surface area contributed by atoms with Gasteiger partial charge in [-0.1, -0.05) is 37.1 Å². The van der Waals surface area contributed by atoms with Crippen molar-refractivity contribution in [3.05, 3.63) is 34.6 Å². The molecule has 0 aromatic heterocycles. The molecule has 1 aromatic carbocycles. The number of hydrogen-bond donors (Lipinski definition) is 1. The lowest BCUT2D eigenvalue weighted by molar-refractivity contribution is 0.0301. The summed E-state index contributed by atoms with van der Waals surface area (Å²) in [4.78, 5) is 0. The maximum Gasteiger partial charge on any atom is 0.142 e. The van der Waals surface area contributed by atoms with E-state index in [-0.39, 0.29) is 23.0 Å². The summed E-state index contributed by atoms with van der Waals surface area (Å²) in [6.07, 6.45) is 2.82. The second kappa shape index (κ2) is 8.51. The minimum absolute atomic E-state index is 0.124. The van der Waals surface area contributed by atoms with Gasteiger partial charge in [0, 0.05) is 12.6 Å². The van der Waals surface area contributed by atoms with E-state index in [1.54, 1.807) is 6.07 Å². The maximum absolute atomic E-state index is 13.4. The van der Waals surface area contributed by atoms with E-state index in [9.17, 15) is 4.39 Å². The van der Waals surface area contributed by atoms with Gasteiger partial charge in [-0.05, 0) is 38.4 Å². The highest BCUT2D eigenvalue weighted by atomic mass is 35.5. The van der Waals surface area contributed by atoms with Gasteiger partial charge in [-0.25, -0.2) is 4.39 Å². The average Bonchev–Trinajstić information content (AvgIpc) is 2.40. The molecular formula is C15H23ClFNO. The van der Waals surface area contributed by atoms with E-state index in [1.807, 2.05) is 20.0 Å². The SMILES string of the molecule is CCCC(OCC)C(Cc1cccc(F)c1Cl)NC. The molecule has 0 fully saturated rings. The molecule has 2 atom stereocenters. The first-order chi connectivity index (χ1) is 9.13. The number of nitrogens with one attached hydrogen (secondary N) is 1. The smallest absolute Gasteiger partial charge is 0.142 e. The first-order valence-electron chi connectivity index (χ1n) is 6.85. The Bertz CT molecular complexity index is 380. The Morgan fingerprint density at radius 2 is 2.11 bits per heavy atom. The molecule has 0 saturated carbocycles. The quantitative estimate of drug-likeness (QED) is 0.785. The Hall–Kier alpha value is -0.640. The molecule has 2 nitrogen and oxygen atoms in total. The van der Waals surface area contributed by atoms with Gasteiger partial charge in [0.05, 0.1) is 11.1 Å². The maximum atomic E-state index is 13.4. The van der Waals surface area contributed by atoms with Crippen LogP contribution in [0.3, 0.4) is 0 Å². The molecule has 1 aromatic rings. The van der Waals surface area contributed by atoms with Crippen molar-refractivity contribution in [3.63, 3.8) is 0 Å². The van der Waals surface area contributed by atoms with Crippen LogP contribution in [0, 0.1) is 5.82 Å². The zero-order valence-electron chi connectivity index (χ0n) is 11.9. The molecule has 2 unspecified atom stereocenters. The number of likely N-dealkylation sites (N-methyl/N-ethyl adjacent to an activating group) is 1. The van der Waals surface area contributed by atoms with Crippen LogP contribution in [0.4, 0.5) is 4.39 Å². The summed E-state index contributed by atoms with van der Waals surface area (Å²) in [6.45, 7) is 4.80. The van der Waals surface area contributed by atoms with E-state index in [4.69, 9.17) is 16.3 Å². The monoisotopic (exact) mass is 287 g/mol. The molecule has 0 aliphatic carbocycles. The Morgan fingerprint density at radius 1 is 1.37 bits per heavy atom. The average molecular weight is 288 g/mol. The number of benzene rings is 1. The van der Waals surface area contributed by atoms with E-state index in [0.717, 1.165) is 18.4 Å². The second-order valence-electron chi connectivity index (χ2n) is 4.59. The summed E-state index contributed by atoms with van der Waals surface area (Å²) in [6, 6.07) is 5.08. The molecule has 0 radical (unpaired) electrons. The molecular weight excluding hydrogens is 265 g/mol. The molecule has 108 valence electrons. The molecule has 0 heterocycles. The van der Waals surface area contributed by atoms with Gasteiger partial charge >= 0.3 is 0 Å². The fraction of sp³-hybridized carbons (Fsp3) is 0.600. The third-order valence-electron chi connectivity index (χ3n) is 3.24. The van der Waals surface area contributed by atoms with Gasteiger partial charge in [0.25, 0.3) is 0 Å². The lowest BCUT2D eigenvalue weighted by atomic mass is 9.98. The summed E-state index contributed by atoms with van der Waals surface area (Å²) in [5.74, 6) is -0.363. The van der Waals surface area contributed by atoms with E-state index in [2.05, 4.69) is 12.2 Å². The van der Waals surface area contributed by atoms with Gasteiger partial charge < -0.3 is 10.1 Å². The first-order valence-corrected chi connectivity index (χ1v) is 7.23. The van der Waals surface area contributed by atoms with Gasteiger partial charge in [0.15, 0.2) is 0 Å². The Labute approximate surface area is 120 Å². The van der Waals surface area contributed by atoms with Crippen LogP contribution >= 0.6 is 11.6 Å². The predicted octanol–water partition coefficient (Wildman–Crippen LogP) is 3.81. The van der Waals surface area contributed by atoms with Gasteiger partial charge in [0.1, 0.15) is 5.82 Å². The molecule has 0 bridgehead atoms. The number of hydrogen-bond acceptors (Lipinski definition) is 2. The molecule has 0 saturated heterocycles. The molecule has 0 spiro atoms. The summed E-state index contributed by atoms with van der Waals surface area (Å²) in [5.41, 5.74) is 0.821. The van der Waals surface area contributed by atoms with Crippen molar-refractivity contribution < 1.29 is 9.13 Å². The molecule has 4 heteroatoms. The number of ether oxygens (including phenoxy) is 1. The second-order valence-corrected chi connectivity index (χ2v) is 4.97. The molecule has 1 rings (SSSR count). The molecule has 0 aliphatic rings. The summed E-state index contributed by atoms with van der Waals surface area (Å²) in [5, 5.41) is 3.48. The minimum Gasteiger partial charge on any atom is -0.377 e. The van der Waals surface area contributed by atoms with Gasteiger partial charge in [-0.2, -0.15) is 0 Å². The van der Waals surface area contributed by atoms with Gasteiger partial charge in [0.2, 0.25) is 0 Å². The third kappa shape index (κ3) is 4.75. The fourth-order valence-electron chi connectivity index (χ4n) is 2.26. The standard InChI is InChI=1S/C15H23ClFNO/c1-4-7-14(19-5-2)13(18-3)10-11-8-6-9-12(17)15(11)16/h6,8-9,13-14,18H,4-5,7,10H2,1-3H3. The predicted molar refractivity (Wildman–Crippen MR) is 78.3 cm³/mol. The normalized spacial score (nSPS) is 14.4. The number of halogens is 2. The van der Waals surface area contributed by atoms with Crippen LogP contribution in [0.25, 0.3) is 0 Å². The largest absolute Gasteiger partial charge is 0.377 e. The lowest BCUT2D eigenvalue weighted by Crippen LogP contribution is -2.41. The van der Waals surface area contributed by atoms with E-state index in [1.165, 1.54) is 6.07 Å².